The summed E-state index contributed by atoms with van der Waals surface area (Å²) in [6.07, 6.45) is 2.65. The first-order valence-electron chi connectivity index (χ1n) is 20.0. The molecule has 2 bridgehead atoms. The zero-order chi connectivity index (χ0) is 39.4. The first kappa shape index (κ1) is 38.4. The van der Waals surface area contributed by atoms with E-state index in [1.807, 2.05) is 83.8 Å². The summed E-state index contributed by atoms with van der Waals surface area (Å²) in [6, 6.07) is 31.8. The number of fused-ring (bicyclic) bond motifs is 4. The van der Waals surface area contributed by atoms with Crippen LogP contribution in [-0.4, -0.2) is 82.2 Å². The Morgan fingerprint density at radius 2 is 1.54 bits per heavy atom. The molecule has 0 radical (unpaired) electrons. The molecule has 1 aromatic heterocycles. The number of aliphatic hydroxyl groups is 1. The fourth-order valence-electron chi connectivity index (χ4n) is 8.72. The minimum absolute atomic E-state index is 0.0412. The van der Waals surface area contributed by atoms with E-state index >= 15 is 0 Å². The number of amides is 1. The maximum absolute atomic E-state index is 14.0. The largest absolute Gasteiger partial charge is 0.506 e. The van der Waals surface area contributed by atoms with Gasteiger partial charge in [-0.05, 0) is 96.8 Å². The Balaban J connectivity index is 0.793. The number of ether oxygens (including phenoxy) is 2. The van der Waals surface area contributed by atoms with Gasteiger partial charge in [-0.2, -0.15) is 0 Å². The number of pyridine rings is 1. The molecule has 4 aromatic carbocycles. The van der Waals surface area contributed by atoms with E-state index in [1.165, 1.54) is 12.1 Å². The molecule has 5 heterocycles. The number of nitrogens with zero attached hydrogens (tertiary/aromatic N) is 2. The number of benzene rings is 4. The zero-order valence-electron chi connectivity index (χ0n) is 32.1. The van der Waals surface area contributed by atoms with Gasteiger partial charge in [0.2, 0.25) is 11.5 Å². The van der Waals surface area contributed by atoms with Gasteiger partial charge in [-0.15, -0.1) is 0 Å². The number of carbonyl (C=O) groups excluding carboxylic acids is 2. The number of rotatable bonds is 13. The predicted molar refractivity (Wildman–Crippen MR) is 217 cm³/mol. The number of carbonyl (C=O) groups is 2. The standard InChI is InChI=1S/C46H50N4O7/c51-39-16-14-37(38-15-17-42(53)48-44(38)39)40(52)28-47-27-32-6-8-33(9-7-32)30-56-36-12-10-31(11-13-36)26-43(54)50-24-20-46(21-25-50,35-4-2-1-3-5-35)45(55)57-41-29-49-22-18-34(41)19-23-49/h1-17,34,40-41,47,51-52H,18-30H2,(H,48,53). The molecule has 1 amide bonds. The number of piperidine rings is 4. The molecular weight excluding hydrogens is 721 g/mol. The van der Waals surface area contributed by atoms with E-state index in [0.717, 1.165) is 54.7 Å². The molecule has 11 heteroatoms. The number of aromatic nitrogens is 1. The maximum atomic E-state index is 14.0. The van der Waals surface area contributed by atoms with E-state index in [9.17, 15) is 24.6 Å². The van der Waals surface area contributed by atoms with Crippen LogP contribution in [-0.2, 0) is 39.3 Å². The Labute approximate surface area is 332 Å². The number of hydrogen-bond donors (Lipinski definition) is 4. The van der Waals surface area contributed by atoms with Crippen molar-refractivity contribution in [2.24, 2.45) is 5.92 Å². The predicted octanol–water partition coefficient (Wildman–Crippen LogP) is 5.38. The Morgan fingerprint density at radius 3 is 2.25 bits per heavy atom. The van der Waals surface area contributed by atoms with Crippen molar-refractivity contribution in [3.8, 4) is 11.5 Å². The quantitative estimate of drug-likeness (QED) is 0.116. The maximum Gasteiger partial charge on any atom is 0.317 e. The number of likely N-dealkylation sites (tertiary alicyclic amines) is 1. The van der Waals surface area contributed by atoms with Crippen molar-refractivity contribution < 1.29 is 29.3 Å². The van der Waals surface area contributed by atoms with Gasteiger partial charge in [-0.25, -0.2) is 0 Å². The summed E-state index contributed by atoms with van der Waals surface area (Å²) in [5, 5.41) is 24.8. The van der Waals surface area contributed by atoms with Crippen molar-refractivity contribution >= 4 is 22.8 Å². The molecule has 5 aromatic rings. The molecule has 4 N–H and O–H groups in total. The molecule has 296 valence electrons. The van der Waals surface area contributed by atoms with E-state index in [-0.39, 0.29) is 42.3 Å². The molecule has 2 unspecified atom stereocenters. The van der Waals surface area contributed by atoms with Crippen molar-refractivity contribution in [2.75, 3.05) is 39.3 Å². The fraction of sp³-hybridized carbons (Fsp3) is 0.370. The van der Waals surface area contributed by atoms with Crippen molar-refractivity contribution in [3.05, 3.63) is 141 Å². The molecule has 11 nitrogen and oxygen atoms in total. The van der Waals surface area contributed by atoms with E-state index in [1.54, 1.807) is 12.1 Å². The summed E-state index contributed by atoms with van der Waals surface area (Å²) in [7, 11) is 0. The SMILES string of the molecule is O=C(Cc1ccc(OCc2ccc(CNCC(O)c3ccc(O)c4[nH]c(=O)ccc34)cc2)cc1)N1CCC(C(=O)OC2CN3CCC2CC3)(c2ccccc2)CC1. The number of aromatic hydroxyl groups is 1. The van der Waals surface area contributed by atoms with Gasteiger partial charge in [0.15, 0.2) is 0 Å². The van der Waals surface area contributed by atoms with Crippen LogP contribution in [0.15, 0.2) is 108 Å². The highest BCUT2D eigenvalue weighted by atomic mass is 16.5. The first-order valence-corrected chi connectivity index (χ1v) is 20.0. The van der Waals surface area contributed by atoms with Gasteiger partial charge in [-0.3, -0.25) is 19.3 Å². The number of phenols is 1. The van der Waals surface area contributed by atoms with Gasteiger partial charge in [0.05, 0.1) is 23.5 Å². The lowest BCUT2D eigenvalue weighted by Gasteiger charge is -2.46. The van der Waals surface area contributed by atoms with E-state index in [2.05, 4.69) is 15.2 Å². The van der Waals surface area contributed by atoms with Crippen molar-refractivity contribution in [2.45, 2.75) is 62.9 Å². The molecule has 4 aliphatic heterocycles. The lowest BCUT2D eigenvalue weighted by atomic mass is 9.72. The molecule has 4 saturated heterocycles. The topological polar surface area (TPSA) is 144 Å². The second kappa shape index (κ2) is 16.9. The summed E-state index contributed by atoms with van der Waals surface area (Å²) in [4.78, 5) is 46.1. The van der Waals surface area contributed by atoms with E-state index < -0.39 is 11.5 Å². The summed E-state index contributed by atoms with van der Waals surface area (Å²) >= 11 is 0. The van der Waals surface area contributed by atoms with Crippen LogP contribution >= 0.6 is 0 Å². The summed E-state index contributed by atoms with van der Waals surface area (Å²) in [6.45, 7) is 5.23. The highest BCUT2D eigenvalue weighted by Crippen LogP contribution is 2.39. The Bertz CT molecular complexity index is 2230. The number of nitrogens with one attached hydrogen (secondary N) is 2. The molecule has 0 spiro atoms. The van der Waals surface area contributed by atoms with Gasteiger partial charge in [-0.1, -0.05) is 72.8 Å². The minimum Gasteiger partial charge on any atom is -0.506 e. The highest BCUT2D eigenvalue weighted by molar-refractivity contribution is 5.87. The van der Waals surface area contributed by atoms with Crippen molar-refractivity contribution in [1.29, 1.82) is 0 Å². The summed E-state index contributed by atoms with van der Waals surface area (Å²) in [5.74, 6) is 1.02. The van der Waals surface area contributed by atoms with Crippen LogP contribution in [0.4, 0.5) is 0 Å². The third kappa shape index (κ3) is 8.61. The number of phenolic OH excluding ortho intramolecular Hbond substituents is 1. The van der Waals surface area contributed by atoms with Gasteiger partial charge in [0.25, 0.3) is 0 Å². The second-order valence-corrected chi connectivity index (χ2v) is 15.8. The van der Waals surface area contributed by atoms with E-state index in [4.69, 9.17) is 9.47 Å². The Morgan fingerprint density at radius 1 is 0.842 bits per heavy atom. The smallest absolute Gasteiger partial charge is 0.317 e. The first-order chi connectivity index (χ1) is 27.7. The highest BCUT2D eigenvalue weighted by Gasteiger charge is 2.47. The summed E-state index contributed by atoms with van der Waals surface area (Å²) < 4.78 is 12.4. The monoisotopic (exact) mass is 770 g/mol. The molecule has 0 aliphatic carbocycles. The molecule has 9 rings (SSSR count). The van der Waals surface area contributed by atoms with Crippen LogP contribution in [0.1, 0.15) is 59.6 Å². The number of aromatic amines is 1. The lowest BCUT2D eigenvalue weighted by molar-refractivity contribution is -0.168. The molecule has 0 saturated carbocycles. The average Bonchev–Trinajstić information content (AvgIpc) is 3.25. The Hall–Kier alpha value is -5.49. The number of H-pyrrole nitrogens is 1. The summed E-state index contributed by atoms with van der Waals surface area (Å²) in [5.41, 5.74) is 3.79. The van der Waals surface area contributed by atoms with Gasteiger partial charge in [0, 0.05) is 44.2 Å². The fourth-order valence-corrected chi connectivity index (χ4v) is 8.72. The van der Waals surface area contributed by atoms with Crippen LogP contribution in [0.2, 0.25) is 0 Å². The van der Waals surface area contributed by atoms with Gasteiger partial charge < -0.3 is 34.9 Å². The van der Waals surface area contributed by atoms with Crippen LogP contribution < -0.4 is 15.6 Å². The number of aliphatic hydroxyl groups excluding tert-OH is 1. The lowest BCUT2D eigenvalue weighted by Crippen LogP contribution is -2.55. The molecular formula is C46H50N4O7. The Kier molecular flexibility index (Phi) is 11.4. The minimum atomic E-state index is -0.835. The van der Waals surface area contributed by atoms with Crippen LogP contribution in [0.25, 0.3) is 10.9 Å². The van der Waals surface area contributed by atoms with Crippen LogP contribution in [0, 0.1) is 5.92 Å². The number of hydrogen-bond acceptors (Lipinski definition) is 9. The van der Waals surface area contributed by atoms with Crippen molar-refractivity contribution in [1.82, 2.24) is 20.1 Å². The normalized spacial score (nSPS) is 20.6. The zero-order valence-corrected chi connectivity index (χ0v) is 32.1. The number of esters is 1. The second-order valence-electron chi connectivity index (χ2n) is 15.8. The molecule has 57 heavy (non-hydrogen) atoms. The van der Waals surface area contributed by atoms with E-state index in [0.29, 0.717) is 67.2 Å². The van der Waals surface area contributed by atoms with Crippen LogP contribution in [0.5, 0.6) is 11.5 Å². The molecule has 4 fully saturated rings. The molecule has 2 atom stereocenters. The van der Waals surface area contributed by atoms with Crippen LogP contribution in [0.3, 0.4) is 0 Å². The third-order valence-corrected chi connectivity index (χ3v) is 12.2. The molecule has 4 aliphatic rings. The van der Waals surface area contributed by atoms with Crippen molar-refractivity contribution in [3.63, 3.8) is 0 Å². The van der Waals surface area contributed by atoms with Gasteiger partial charge >= 0.3 is 5.97 Å². The average molecular weight is 771 g/mol. The van der Waals surface area contributed by atoms with Gasteiger partial charge in [0.1, 0.15) is 24.2 Å². The third-order valence-electron chi connectivity index (χ3n) is 12.2.